The van der Waals surface area contributed by atoms with Gasteiger partial charge in [0.25, 0.3) is 0 Å². The number of aliphatic hydroxyl groups excluding tert-OH is 5. The molecule has 5 N–H and O–H groups in total. The highest BCUT2D eigenvalue weighted by atomic mass is 16.6. The monoisotopic (exact) mass is 180 g/mol. The van der Waals surface area contributed by atoms with E-state index in [2.05, 4.69) is 4.74 Å². The summed E-state index contributed by atoms with van der Waals surface area (Å²) in [5.41, 5.74) is 0. The topological polar surface area (TPSA) is 110 Å². The quantitative estimate of drug-likeness (QED) is 0.306. The van der Waals surface area contributed by atoms with Crippen molar-refractivity contribution in [3.63, 3.8) is 0 Å². The first-order chi connectivity index (χ1) is 5.57. The summed E-state index contributed by atoms with van der Waals surface area (Å²) in [4.78, 5) is 0. The molecule has 6 heteroatoms. The molecule has 0 amide bonds. The van der Waals surface area contributed by atoms with Crippen molar-refractivity contribution in [2.24, 2.45) is 0 Å². The first kappa shape index (κ1) is 9.85. The maximum atomic E-state index is 9.12. The largest absolute Gasteiger partial charge is 0.394 e. The van der Waals surface area contributed by atoms with Crippen LogP contribution in [0.2, 0.25) is 0 Å². The van der Waals surface area contributed by atoms with E-state index < -0.39 is 37.3 Å². The van der Waals surface area contributed by atoms with Gasteiger partial charge in [-0.1, -0.05) is 0 Å². The van der Waals surface area contributed by atoms with Crippen LogP contribution < -0.4 is 0 Å². The molecular formula is C6H12O6. The number of rotatable bonds is 2. The minimum absolute atomic E-state index is 0.596. The number of ether oxygens (including phenoxy) is 1. The molecular weight excluding hydrogens is 168 g/mol. The summed E-state index contributed by atoms with van der Waals surface area (Å²) in [6.45, 7) is -0.596. The fraction of sp³-hybridized carbons (Fsp3) is 1.00. The van der Waals surface area contributed by atoms with E-state index in [-0.39, 0.29) is 0 Å². The third-order valence-electron chi connectivity index (χ3n) is 1.84. The summed E-state index contributed by atoms with van der Waals surface area (Å²) in [5.74, 6) is 0. The maximum absolute atomic E-state index is 9.12. The molecule has 0 aliphatic carbocycles. The molecule has 0 aromatic rings. The molecule has 1 aliphatic rings. The van der Waals surface area contributed by atoms with Gasteiger partial charge in [-0.2, -0.15) is 0 Å². The van der Waals surface area contributed by atoms with E-state index in [9.17, 15) is 0 Å². The lowest BCUT2D eigenvalue weighted by Crippen LogP contribution is -2.40. The minimum atomic E-state index is -1.51. The Kier molecular flexibility index (Phi) is 2.99. The molecule has 6 nitrogen and oxygen atoms in total. The SMILES string of the molecule is OC[C@@H](O)[C@@H]1O[C@H](O)C(O)C1O. The predicted molar refractivity (Wildman–Crippen MR) is 36.0 cm³/mol. The number of hydrogen-bond acceptors (Lipinski definition) is 6. The highest BCUT2D eigenvalue weighted by molar-refractivity contribution is 4.89. The van der Waals surface area contributed by atoms with Gasteiger partial charge in [-0.05, 0) is 0 Å². The highest BCUT2D eigenvalue weighted by Crippen LogP contribution is 2.21. The van der Waals surface area contributed by atoms with Crippen LogP contribution in [0.25, 0.3) is 0 Å². The van der Waals surface area contributed by atoms with Crippen molar-refractivity contribution in [1.82, 2.24) is 0 Å². The Morgan fingerprint density at radius 2 is 1.75 bits per heavy atom. The van der Waals surface area contributed by atoms with Crippen molar-refractivity contribution >= 4 is 0 Å². The molecule has 5 atom stereocenters. The predicted octanol–water partition coefficient (Wildman–Crippen LogP) is -3.22. The summed E-state index contributed by atoms with van der Waals surface area (Å²) in [6.07, 6.45) is -6.75. The van der Waals surface area contributed by atoms with Gasteiger partial charge in [0.05, 0.1) is 6.61 Å². The lowest BCUT2D eigenvalue weighted by molar-refractivity contribution is -0.150. The summed E-state index contributed by atoms with van der Waals surface area (Å²) in [5, 5.41) is 44.4. The van der Waals surface area contributed by atoms with Gasteiger partial charge in [-0.3, -0.25) is 0 Å². The van der Waals surface area contributed by atoms with Crippen LogP contribution in [0.5, 0.6) is 0 Å². The molecule has 12 heavy (non-hydrogen) atoms. The number of aliphatic hydroxyl groups is 5. The lowest BCUT2D eigenvalue weighted by Gasteiger charge is -2.18. The van der Waals surface area contributed by atoms with Crippen molar-refractivity contribution in [3.8, 4) is 0 Å². The molecule has 0 aromatic carbocycles. The van der Waals surface area contributed by atoms with Crippen LogP contribution in [0.3, 0.4) is 0 Å². The molecule has 1 rings (SSSR count). The van der Waals surface area contributed by atoms with Gasteiger partial charge in [-0.25, -0.2) is 0 Å². The highest BCUT2D eigenvalue weighted by Gasteiger charge is 2.44. The zero-order chi connectivity index (χ0) is 9.30. The second-order valence-corrected chi connectivity index (χ2v) is 2.72. The zero-order valence-corrected chi connectivity index (χ0v) is 6.24. The third-order valence-corrected chi connectivity index (χ3v) is 1.84. The van der Waals surface area contributed by atoms with E-state index in [0.29, 0.717) is 0 Å². The van der Waals surface area contributed by atoms with Crippen LogP contribution in [0, 0.1) is 0 Å². The molecule has 1 heterocycles. The Morgan fingerprint density at radius 3 is 2.08 bits per heavy atom. The van der Waals surface area contributed by atoms with Gasteiger partial charge in [-0.15, -0.1) is 0 Å². The van der Waals surface area contributed by atoms with Crippen LogP contribution in [0.15, 0.2) is 0 Å². The Bertz CT molecular complexity index is 151. The summed E-state index contributed by atoms with van der Waals surface area (Å²) < 4.78 is 4.58. The molecule has 0 spiro atoms. The van der Waals surface area contributed by atoms with Crippen LogP contribution >= 0.6 is 0 Å². The maximum Gasteiger partial charge on any atom is 0.184 e. The average Bonchev–Trinajstić information content (AvgIpc) is 2.32. The van der Waals surface area contributed by atoms with Gasteiger partial charge in [0.15, 0.2) is 6.29 Å². The molecule has 1 fully saturated rings. The van der Waals surface area contributed by atoms with Crippen LogP contribution in [0.4, 0.5) is 0 Å². The Morgan fingerprint density at radius 1 is 1.17 bits per heavy atom. The Balaban J connectivity index is 2.58. The molecule has 0 radical (unpaired) electrons. The van der Waals surface area contributed by atoms with Crippen LogP contribution in [0.1, 0.15) is 0 Å². The van der Waals surface area contributed by atoms with Crippen molar-refractivity contribution in [2.75, 3.05) is 6.61 Å². The van der Waals surface area contributed by atoms with Crippen molar-refractivity contribution < 1.29 is 30.3 Å². The van der Waals surface area contributed by atoms with E-state index >= 15 is 0 Å². The van der Waals surface area contributed by atoms with E-state index in [1.165, 1.54) is 0 Å². The van der Waals surface area contributed by atoms with E-state index in [1.54, 1.807) is 0 Å². The van der Waals surface area contributed by atoms with Gasteiger partial charge >= 0.3 is 0 Å². The van der Waals surface area contributed by atoms with Gasteiger partial charge in [0.2, 0.25) is 0 Å². The van der Waals surface area contributed by atoms with Crippen LogP contribution in [-0.2, 0) is 4.74 Å². The summed E-state index contributed by atoms with van der Waals surface area (Å²) in [7, 11) is 0. The molecule has 0 bridgehead atoms. The zero-order valence-electron chi connectivity index (χ0n) is 6.24. The van der Waals surface area contributed by atoms with Crippen molar-refractivity contribution in [3.05, 3.63) is 0 Å². The summed E-state index contributed by atoms with van der Waals surface area (Å²) >= 11 is 0. The second-order valence-electron chi connectivity index (χ2n) is 2.72. The van der Waals surface area contributed by atoms with Gasteiger partial charge in [0, 0.05) is 0 Å². The smallest absolute Gasteiger partial charge is 0.184 e. The first-order valence-corrected chi connectivity index (χ1v) is 3.56. The third kappa shape index (κ3) is 1.58. The van der Waals surface area contributed by atoms with Gasteiger partial charge in [0.1, 0.15) is 24.4 Å². The minimum Gasteiger partial charge on any atom is -0.394 e. The first-order valence-electron chi connectivity index (χ1n) is 3.56. The van der Waals surface area contributed by atoms with Gasteiger partial charge < -0.3 is 30.3 Å². The van der Waals surface area contributed by atoms with E-state index in [0.717, 1.165) is 0 Å². The van der Waals surface area contributed by atoms with Crippen LogP contribution in [-0.4, -0.2) is 62.8 Å². The lowest BCUT2D eigenvalue weighted by atomic mass is 10.1. The normalized spacial score (nSPS) is 44.8. The van der Waals surface area contributed by atoms with E-state index in [1.807, 2.05) is 0 Å². The molecule has 2 unspecified atom stereocenters. The van der Waals surface area contributed by atoms with Crippen molar-refractivity contribution in [1.29, 1.82) is 0 Å². The molecule has 72 valence electrons. The molecule has 0 saturated carbocycles. The van der Waals surface area contributed by atoms with Crippen molar-refractivity contribution in [2.45, 2.75) is 30.7 Å². The second kappa shape index (κ2) is 3.65. The molecule has 1 aliphatic heterocycles. The molecule has 0 aromatic heterocycles. The average molecular weight is 180 g/mol. The fourth-order valence-corrected chi connectivity index (χ4v) is 1.11. The standard InChI is InChI=1S/C6H12O6/c7-1-2(8)5-3(9)4(10)6(11)12-5/h2-11H,1H2/t2-,3?,4?,5+,6+/m1/s1. The molecule has 1 saturated heterocycles. The summed E-state index contributed by atoms with van der Waals surface area (Å²) in [6, 6.07) is 0. The Labute approximate surface area is 68.6 Å². The fourth-order valence-electron chi connectivity index (χ4n) is 1.11. The number of hydrogen-bond donors (Lipinski definition) is 5. The Hall–Kier alpha value is -0.240. The van der Waals surface area contributed by atoms with E-state index in [4.69, 9.17) is 25.5 Å².